The van der Waals surface area contributed by atoms with Crippen LogP contribution in [0.4, 0.5) is 0 Å². The molecule has 2 saturated heterocycles. The van der Waals surface area contributed by atoms with Crippen LogP contribution in [0.25, 0.3) is 0 Å². The number of amides is 4. The van der Waals surface area contributed by atoms with Crippen molar-refractivity contribution in [1.29, 1.82) is 0 Å². The first kappa shape index (κ1) is 24.1. The van der Waals surface area contributed by atoms with Gasteiger partial charge in [0, 0.05) is 30.6 Å². The summed E-state index contributed by atoms with van der Waals surface area (Å²) in [6.45, 7) is 2.04. The summed E-state index contributed by atoms with van der Waals surface area (Å²) in [5.41, 5.74) is 1.04. The maximum Gasteiger partial charge on any atom is 0.254 e. The van der Waals surface area contributed by atoms with Crippen LogP contribution in [-0.2, 0) is 38.8 Å². The minimum absolute atomic E-state index is 0.0206. The molecule has 180 valence electrons. The third-order valence-electron chi connectivity index (χ3n) is 6.83. The van der Waals surface area contributed by atoms with Crippen molar-refractivity contribution in [3.05, 3.63) is 64.7 Å². The SMILES string of the molecule is [B]C1CC(=O)NC(=O)C1([B])N1Cc2c(OCc3ccc(CN4CCOCC4=O)cc3)cccc2C1=O. The molecular weight excluding hydrogens is 460 g/mol. The van der Waals surface area contributed by atoms with Gasteiger partial charge in [0.1, 0.15) is 26.8 Å². The van der Waals surface area contributed by atoms with Crippen molar-refractivity contribution in [3.8, 4) is 5.75 Å². The van der Waals surface area contributed by atoms with Crippen LogP contribution in [0.15, 0.2) is 42.5 Å². The van der Waals surface area contributed by atoms with E-state index in [0.717, 1.165) is 11.1 Å². The second-order valence-electron chi connectivity index (χ2n) is 9.16. The number of hydrogen-bond donors (Lipinski definition) is 1. The molecule has 3 aliphatic rings. The van der Waals surface area contributed by atoms with E-state index in [1.165, 1.54) is 4.90 Å². The van der Waals surface area contributed by atoms with Gasteiger partial charge in [-0.15, -0.1) is 0 Å². The number of fused-ring (bicyclic) bond motifs is 1. The average Bonchev–Trinajstić information content (AvgIpc) is 3.21. The molecular formula is C25H23B2N3O6. The molecule has 4 amide bonds. The molecule has 0 aromatic heterocycles. The Balaban J connectivity index is 1.27. The van der Waals surface area contributed by atoms with E-state index in [1.807, 2.05) is 24.3 Å². The van der Waals surface area contributed by atoms with Gasteiger partial charge in [0.15, 0.2) is 0 Å². The first-order valence-electron chi connectivity index (χ1n) is 11.7. The van der Waals surface area contributed by atoms with Crippen molar-refractivity contribution in [2.45, 2.75) is 37.4 Å². The summed E-state index contributed by atoms with van der Waals surface area (Å²) in [5, 5.41) is 2.18. The van der Waals surface area contributed by atoms with Crippen LogP contribution in [-0.4, -0.2) is 74.3 Å². The van der Waals surface area contributed by atoms with Crippen LogP contribution < -0.4 is 10.1 Å². The van der Waals surface area contributed by atoms with Crippen LogP contribution >= 0.6 is 0 Å². The Bertz CT molecular complexity index is 1240. The van der Waals surface area contributed by atoms with Gasteiger partial charge in [-0.25, -0.2) is 0 Å². The van der Waals surface area contributed by atoms with Gasteiger partial charge in [0.05, 0.1) is 26.4 Å². The van der Waals surface area contributed by atoms with Crippen molar-refractivity contribution < 1.29 is 28.7 Å². The molecule has 2 aromatic rings. The standard InChI is InChI=1S/C25H23B2N3O6/c26-20-10-21(31)28-24(34)25(20,27)30-12-18-17(23(30)33)2-1-3-19(18)36-13-16-6-4-15(5-7-16)11-29-8-9-35-14-22(29)32/h1-7,20H,8-14H2,(H,28,31,34). The predicted molar refractivity (Wildman–Crippen MR) is 129 cm³/mol. The normalized spacial score (nSPS) is 24.1. The van der Waals surface area contributed by atoms with Crippen LogP contribution in [0.5, 0.6) is 5.75 Å². The molecule has 0 spiro atoms. The summed E-state index contributed by atoms with van der Waals surface area (Å²) in [6, 6.07) is 12.9. The van der Waals surface area contributed by atoms with Crippen molar-refractivity contribution in [2.75, 3.05) is 19.8 Å². The van der Waals surface area contributed by atoms with Gasteiger partial charge in [-0.2, -0.15) is 0 Å². The topological polar surface area (TPSA) is 105 Å². The number of imide groups is 1. The number of nitrogens with zero attached hydrogens (tertiary/aromatic N) is 2. The molecule has 2 atom stereocenters. The van der Waals surface area contributed by atoms with Crippen LogP contribution in [0.3, 0.4) is 0 Å². The van der Waals surface area contributed by atoms with Crippen molar-refractivity contribution in [1.82, 2.24) is 15.1 Å². The molecule has 0 aliphatic carbocycles. The van der Waals surface area contributed by atoms with E-state index in [4.69, 9.17) is 25.2 Å². The fourth-order valence-corrected chi connectivity index (χ4v) is 4.70. The zero-order valence-corrected chi connectivity index (χ0v) is 19.6. The van der Waals surface area contributed by atoms with Gasteiger partial charge >= 0.3 is 0 Å². The number of morpholine rings is 1. The van der Waals surface area contributed by atoms with Gasteiger partial charge < -0.3 is 19.3 Å². The van der Waals surface area contributed by atoms with Gasteiger partial charge in [-0.3, -0.25) is 24.5 Å². The number of carbonyl (C=O) groups excluding carboxylic acids is 4. The molecule has 2 aromatic carbocycles. The number of ether oxygens (including phenoxy) is 2. The zero-order chi connectivity index (χ0) is 25.4. The van der Waals surface area contributed by atoms with Crippen molar-refractivity contribution in [2.24, 2.45) is 0 Å². The average molecular weight is 483 g/mol. The third kappa shape index (κ3) is 4.28. The van der Waals surface area contributed by atoms with E-state index in [2.05, 4.69) is 5.32 Å². The fraction of sp³-hybridized carbons (Fsp3) is 0.360. The van der Waals surface area contributed by atoms with Gasteiger partial charge in [-0.1, -0.05) is 30.3 Å². The molecule has 3 heterocycles. The largest absolute Gasteiger partial charge is 0.489 e. The van der Waals surface area contributed by atoms with E-state index in [1.54, 1.807) is 23.1 Å². The predicted octanol–water partition coefficient (Wildman–Crippen LogP) is 0.448. The second kappa shape index (κ2) is 9.46. The minimum atomic E-state index is -1.85. The lowest BCUT2D eigenvalue weighted by Gasteiger charge is -2.45. The number of benzene rings is 2. The summed E-state index contributed by atoms with van der Waals surface area (Å²) in [5.74, 6) is -2.32. The third-order valence-corrected chi connectivity index (χ3v) is 6.83. The van der Waals surface area contributed by atoms with E-state index >= 15 is 0 Å². The van der Waals surface area contributed by atoms with Gasteiger partial charge in [0.25, 0.3) is 5.91 Å². The Labute approximate surface area is 210 Å². The Kier molecular flexibility index (Phi) is 6.34. The molecule has 11 heteroatoms. The number of piperidine rings is 1. The minimum Gasteiger partial charge on any atom is -0.489 e. The first-order chi connectivity index (χ1) is 17.3. The van der Waals surface area contributed by atoms with Crippen LogP contribution in [0.2, 0.25) is 5.82 Å². The monoisotopic (exact) mass is 483 g/mol. The number of nitrogens with one attached hydrogen (secondary N) is 1. The summed E-state index contributed by atoms with van der Waals surface area (Å²) < 4.78 is 11.2. The molecule has 9 nitrogen and oxygen atoms in total. The highest BCUT2D eigenvalue weighted by Crippen LogP contribution is 2.40. The summed E-state index contributed by atoms with van der Waals surface area (Å²) in [4.78, 5) is 52.4. The lowest BCUT2D eigenvalue weighted by Crippen LogP contribution is -2.66. The molecule has 0 bridgehead atoms. The van der Waals surface area contributed by atoms with Crippen molar-refractivity contribution >= 4 is 39.3 Å². The van der Waals surface area contributed by atoms with E-state index in [-0.39, 0.29) is 32.1 Å². The zero-order valence-electron chi connectivity index (χ0n) is 19.6. The Morgan fingerprint density at radius 1 is 1.08 bits per heavy atom. The Morgan fingerprint density at radius 2 is 1.83 bits per heavy atom. The highest BCUT2D eigenvalue weighted by molar-refractivity contribution is 6.38. The lowest BCUT2D eigenvalue weighted by atomic mass is 9.56. The Morgan fingerprint density at radius 3 is 2.56 bits per heavy atom. The molecule has 2 fully saturated rings. The smallest absolute Gasteiger partial charge is 0.254 e. The fourth-order valence-electron chi connectivity index (χ4n) is 4.70. The van der Waals surface area contributed by atoms with E-state index < -0.39 is 29.0 Å². The second-order valence-corrected chi connectivity index (χ2v) is 9.16. The molecule has 4 radical (unpaired) electrons. The number of carbonyl (C=O) groups is 4. The lowest BCUT2D eigenvalue weighted by molar-refractivity contribution is -0.143. The quantitative estimate of drug-likeness (QED) is 0.473. The molecule has 5 rings (SSSR count). The number of hydrogen-bond acceptors (Lipinski definition) is 6. The Hall–Kier alpha value is -3.59. The van der Waals surface area contributed by atoms with Crippen LogP contribution in [0.1, 0.15) is 33.5 Å². The molecule has 3 aliphatic heterocycles. The first-order valence-corrected chi connectivity index (χ1v) is 11.7. The number of rotatable bonds is 6. The summed E-state index contributed by atoms with van der Waals surface area (Å²) in [7, 11) is 12.4. The van der Waals surface area contributed by atoms with Gasteiger partial charge in [0.2, 0.25) is 17.7 Å². The van der Waals surface area contributed by atoms with Crippen molar-refractivity contribution in [3.63, 3.8) is 0 Å². The highest BCUT2D eigenvalue weighted by atomic mass is 16.5. The maximum absolute atomic E-state index is 13.2. The maximum atomic E-state index is 13.2. The van der Waals surface area contributed by atoms with E-state index in [9.17, 15) is 19.2 Å². The van der Waals surface area contributed by atoms with Gasteiger partial charge in [-0.05, 0) is 29.1 Å². The summed E-state index contributed by atoms with van der Waals surface area (Å²) >= 11 is 0. The van der Waals surface area contributed by atoms with Crippen LogP contribution in [0, 0.1) is 0 Å². The molecule has 0 saturated carbocycles. The highest BCUT2D eigenvalue weighted by Gasteiger charge is 2.51. The molecule has 1 N–H and O–H groups in total. The summed E-state index contributed by atoms with van der Waals surface area (Å²) in [6.07, 6.45) is -0.165. The molecule has 2 unspecified atom stereocenters. The van der Waals surface area contributed by atoms with E-state index in [0.29, 0.717) is 36.6 Å². The molecule has 36 heavy (non-hydrogen) atoms.